The van der Waals surface area contributed by atoms with E-state index in [0.717, 1.165) is 30.9 Å². The third-order valence-corrected chi connectivity index (χ3v) is 5.23. The second-order valence-corrected chi connectivity index (χ2v) is 6.76. The fourth-order valence-electron chi connectivity index (χ4n) is 2.93. The molecule has 17 heavy (non-hydrogen) atoms. The highest BCUT2D eigenvalue weighted by atomic mass is 32.2. The molecule has 4 heteroatoms. The van der Waals surface area contributed by atoms with Crippen LogP contribution in [0.15, 0.2) is 0 Å². The van der Waals surface area contributed by atoms with Crippen LogP contribution in [0, 0.1) is 0 Å². The van der Waals surface area contributed by atoms with Gasteiger partial charge >= 0.3 is 0 Å². The van der Waals surface area contributed by atoms with E-state index < -0.39 is 0 Å². The zero-order chi connectivity index (χ0) is 12.3. The molecule has 0 aromatic carbocycles. The molecule has 0 spiro atoms. The molecule has 3 nitrogen and oxygen atoms in total. The Morgan fingerprint density at radius 3 is 2.76 bits per heavy atom. The summed E-state index contributed by atoms with van der Waals surface area (Å²) in [7, 11) is 0. The number of amides is 1. The van der Waals surface area contributed by atoms with Crippen molar-refractivity contribution in [1.29, 1.82) is 0 Å². The summed E-state index contributed by atoms with van der Waals surface area (Å²) in [6, 6.07) is 0.383. The van der Waals surface area contributed by atoms with Crippen LogP contribution in [-0.2, 0) is 4.79 Å². The Hall–Kier alpha value is -0.220. The topological polar surface area (TPSA) is 46.3 Å². The van der Waals surface area contributed by atoms with E-state index in [2.05, 4.69) is 6.92 Å². The maximum absolute atomic E-state index is 12.3. The van der Waals surface area contributed by atoms with Crippen molar-refractivity contribution in [3.8, 4) is 0 Å². The van der Waals surface area contributed by atoms with Crippen LogP contribution >= 0.6 is 11.8 Å². The van der Waals surface area contributed by atoms with Gasteiger partial charge < -0.3 is 10.6 Å². The second-order valence-electron chi connectivity index (χ2n) is 5.61. The summed E-state index contributed by atoms with van der Waals surface area (Å²) in [4.78, 5) is 14.4. The van der Waals surface area contributed by atoms with Crippen molar-refractivity contribution in [3.05, 3.63) is 0 Å². The molecule has 2 rings (SSSR count). The van der Waals surface area contributed by atoms with Crippen molar-refractivity contribution in [1.82, 2.24) is 4.90 Å². The maximum atomic E-state index is 12.3. The fraction of sp³-hybridized carbons (Fsp3) is 0.923. The van der Waals surface area contributed by atoms with Crippen molar-refractivity contribution in [2.24, 2.45) is 5.73 Å². The van der Waals surface area contributed by atoms with E-state index >= 15 is 0 Å². The molecular weight excluding hydrogens is 232 g/mol. The Morgan fingerprint density at radius 1 is 1.41 bits per heavy atom. The summed E-state index contributed by atoms with van der Waals surface area (Å²) in [6.45, 7) is 3.05. The van der Waals surface area contributed by atoms with Crippen LogP contribution in [0.25, 0.3) is 0 Å². The van der Waals surface area contributed by atoms with Gasteiger partial charge in [0, 0.05) is 36.1 Å². The smallest absolute Gasteiger partial charge is 0.224 e. The van der Waals surface area contributed by atoms with Crippen LogP contribution in [-0.4, -0.2) is 40.4 Å². The first-order valence-corrected chi connectivity index (χ1v) is 7.92. The molecule has 2 N–H and O–H groups in total. The Bertz CT molecular complexity index is 277. The number of carbonyl (C=O) groups excluding carboxylic acids is 1. The molecule has 2 aliphatic rings. The molecule has 1 heterocycles. The summed E-state index contributed by atoms with van der Waals surface area (Å²) < 4.78 is 0. The molecule has 2 fully saturated rings. The number of rotatable bonds is 2. The summed E-state index contributed by atoms with van der Waals surface area (Å²) in [5.74, 6) is 2.43. The zero-order valence-corrected chi connectivity index (χ0v) is 11.6. The Balaban J connectivity index is 1.90. The Labute approximate surface area is 108 Å². The van der Waals surface area contributed by atoms with E-state index in [9.17, 15) is 4.79 Å². The third kappa shape index (κ3) is 3.38. The maximum Gasteiger partial charge on any atom is 0.224 e. The predicted molar refractivity (Wildman–Crippen MR) is 73.1 cm³/mol. The van der Waals surface area contributed by atoms with Crippen LogP contribution < -0.4 is 5.73 Å². The van der Waals surface area contributed by atoms with Gasteiger partial charge in [-0.3, -0.25) is 4.79 Å². The van der Waals surface area contributed by atoms with Gasteiger partial charge in [0.1, 0.15) is 0 Å². The number of thioether (sulfide) groups is 1. The van der Waals surface area contributed by atoms with Crippen molar-refractivity contribution >= 4 is 17.7 Å². The van der Waals surface area contributed by atoms with Gasteiger partial charge in [-0.15, -0.1) is 0 Å². The highest BCUT2D eigenvalue weighted by molar-refractivity contribution is 7.99. The number of carbonyl (C=O) groups is 1. The van der Waals surface area contributed by atoms with Gasteiger partial charge in [-0.25, -0.2) is 0 Å². The average molecular weight is 256 g/mol. The van der Waals surface area contributed by atoms with Gasteiger partial charge in [0.25, 0.3) is 0 Å². The summed E-state index contributed by atoms with van der Waals surface area (Å²) >= 11 is 1.94. The van der Waals surface area contributed by atoms with Crippen LogP contribution in [0.3, 0.4) is 0 Å². The van der Waals surface area contributed by atoms with Crippen molar-refractivity contribution in [3.63, 3.8) is 0 Å². The van der Waals surface area contributed by atoms with E-state index in [-0.39, 0.29) is 11.4 Å². The lowest BCUT2D eigenvalue weighted by atomic mass is 9.80. The highest BCUT2D eigenvalue weighted by Gasteiger charge is 2.33. The van der Waals surface area contributed by atoms with Gasteiger partial charge in [0.15, 0.2) is 0 Å². The van der Waals surface area contributed by atoms with Crippen molar-refractivity contribution in [2.75, 3.05) is 18.1 Å². The minimum absolute atomic E-state index is 0.209. The highest BCUT2D eigenvalue weighted by Crippen LogP contribution is 2.30. The lowest BCUT2D eigenvalue weighted by Crippen LogP contribution is -2.51. The lowest BCUT2D eigenvalue weighted by Gasteiger charge is -2.38. The van der Waals surface area contributed by atoms with E-state index in [1.807, 2.05) is 16.7 Å². The normalized spacial score (nSPS) is 29.1. The first-order valence-electron chi connectivity index (χ1n) is 6.77. The molecule has 1 unspecified atom stereocenters. The Morgan fingerprint density at radius 2 is 2.12 bits per heavy atom. The first kappa shape index (κ1) is 13.2. The predicted octanol–water partition coefficient (Wildman–Crippen LogP) is 2.00. The molecule has 1 atom stereocenters. The van der Waals surface area contributed by atoms with Gasteiger partial charge in [-0.2, -0.15) is 11.8 Å². The van der Waals surface area contributed by atoms with Gasteiger partial charge in [0.05, 0.1) is 0 Å². The van der Waals surface area contributed by atoms with Crippen LogP contribution in [0.5, 0.6) is 0 Å². The molecule has 1 saturated carbocycles. The average Bonchev–Trinajstić information content (AvgIpc) is 2.29. The minimum Gasteiger partial charge on any atom is -0.338 e. The zero-order valence-electron chi connectivity index (χ0n) is 10.8. The minimum atomic E-state index is -0.209. The van der Waals surface area contributed by atoms with E-state index in [1.165, 1.54) is 19.3 Å². The molecule has 98 valence electrons. The SMILES string of the molecule is CC1CSCCN1C(=O)CC1(N)CCCCC1. The van der Waals surface area contributed by atoms with Crippen LogP contribution in [0.4, 0.5) is 0 Å². The number of hydrogen-bond donors (Lipinski definition) is 1. The standard InChI is InChI=1S/C13H24N2OS/c1-11-10-17-8-7-15(11)12(16)9-13(14)5-3-2-4-6-13/h11H,2-10,14H2,1H3. The third-order valence-electron chi connectivity index (χ3n) is 4.04. The molecule has 0 aromatic heterocycles. The number of nitrogens with zero attached hydrogens (tertiary/aromatic N) is 1. The van der Waals surface area contributed by atoms with Gasteiger partial charge in [-0.05, 0) is 19.8 Å². The molecular formula is C13H24N2OS. The van der Waals surface area contributed by atoms with Gasteiger partial charge in [-0.1, -0.05) is 19.3 Å². The monoisotopic (exact) mass is 256 g/mol. The molecule has 1 aliphatic carbocycles. The van der Waals surface area contributed by atoms with E-state index in [4.69, 9.17) is 5.73 Å². The first-order chi connectivity index (χ1) is 8.11. The Kier molecular flexibility index (Phi) is 4.36. The van der Waals surface area contributed by atoms with Crippen molar-refractivity contribution in [2.45, 2.75) is 57.0 Å². The summed E-state index contributed by atoms with van der Waals surface area (Å²) in [5.41, 5.74) is 6.15. The second kappa shape index (κ2) is 5.61. The summed E-state index contributed by atoms with van der Waals surface area (Å²) in [5, 5.41) is 0. The molecule has 1 amide bonds. The number of hydrogen-bond acceptors (Lipinski definition) is 3. The summed E-state index contributed by atoms with van der Waals surface area (Å²) in [6.07, 6.45) is 6.27. The molecule has 1 saturated heterocycles. The molecule has 1 aliphatic heterocycles. The number of nitrogens with two attached hydrogens (primary N) is 1. The van der Waals surface area contributed by atoms with Crippen molar-refractivity contribution < 1.29 is 4.79 Å². The molecule has 0 radical (unpaired) electrons. The van der Waals surface area contributed by atoms with E-state index in [1.54, 1.807) is 0 Å². The fourth-order valence-corrected chi connectivity index (χ4v) is 3.95. The quantitative estimate of drug-likeness (QED) is 0.822. The van der Waals surface area contributed by atoms with E-state index in [0.29, 0.717) is 12.5 Å². The van der Waals surface area contributed by atoms with Gasteiger partial charge in [0.2, 0.25) is 5.91 Å². The van der Waals surface area contributed by atoms with Crippen LogP contribution in [0.2, 0.25) is 0 Å². The van der Waals surface area contributed by atoms with Crippen LogP contribution in [0.1, 0.15) is 45.4 Å². The molecule has 0 bridgehead atoms. The molecule has 0 aromatic rings. The lowest BCUT2D eigenvalue weighted by molar-refractivity contribution is -0.134. The largest absolute Gasteiger partial charge is 0.338 e.